The molecule has 0 rings (SSSR count). The first-order valence-electron chi connectivity index (χ1n) is 25.1. The number of ether oxygens (including phenoxy) is 3. The highest BCUT2D eigenvalue weighted by atomic mass is 16.6. The lowest BCUT2D eigenvalue weighted by atomic mass is 10.1. The van der Waals surface area contributed by atoms with Gasteiger partial charge in [0, 0.05) is 19.3 Å². The third-order valence-corrected chi connectivity index (χ3v) is 10.4. The van der Waals surface area contributed by atoms with Gasteiger partial charge in [0.05, 0.1) is 0 Å². The van der Waals surface area contributed by atoms with Gasteiger partial charge in [0.25, 0.3) is 0 Å². The zero-order valence-corrected chi connectivity index (χ0v) is 39.7. The Kier molecular flexibility index (Phi) is 46.5. The lowest BCUT2D eigenvalue weighted by molar-refractivity contribution is -0.167. The van der Waals surface area contributed by atoms with Gasteiger partial charge in [-0.25, -0.2) is 0 Å². The predicted octanol–water partition coefficient (Wildman–Crippen LogP) is 16.4. The van der Waals surface area contributed by atoms with Gasteiger partial charge in [-0.1, -0.05) is 183 Å². The van der Waals surface area contributed by atoms with Crippen molar-refractivity contribution < 1.29 is 28.6 Å². The Balaban J connectivity index is 4.45. The Bertz CT molecular complexity index is 1200. The summed E-state index contributed by atoms with van der Waals surface area (Å²) in [6.45, 7) is 6.42. The van der Waals surface area contributed by atoms with E-state index in [-0.39, 0.29) is 31.1 Å². The molecule has 1 unspecified atom stereocenters. The average Bonchev–Trinajstić information content (AvgIpc) is 3.26. The van der Waals surface area contributed by atoms with Crippen LogP contribution in [0.4, 0.5) is 0 Å². The molecule has 0 aliphatic heterocycles. The summed E-state index contributed by atoms with van der Waals surface area (Å²) in [4.78, 5) is 37.9. The van der Waals surface area contributed by atoms with Gasteiger partial charge in [0.2, 0.25) is 0 Å². The summed E-state index contributed by atoms with van der Waals surface area (Å²) in [5, 5.41) is 0. The third-order valence-electron chi connectivity index (χ3n) is 10.4. The Morgan fingerprint density at radius 1 is 0.344 bits per heavy atom. The number of hydrogen-bond donors (Lipinski definition) is 0. The van der Waals surface area contributed by atoms with E-state index in [1.165, 1.54) is 64.2 Å². The molecule has 0 aromatic rings. The first kappa shape index (κ1) is 57.6. The predicted molar refractivity (Wildman–Crippen MR) is 261 cm³/mol. The van der Waals surface area contributed by atoms with Gasteiger partial charge in [-0.2, -0.15) is 0 Å². The van der Waals surface area contributed by atoms with Crippen molar-refractivity contribution in [3.05, 3.63) is 85.1 Å². The molecule has 0 aliphatic rings. The van der Waals surface area contributed by atoms with Crippen LogP contribution in [0.2, 0.25) is 0 Å². The Morgan fingerprint density at radius 2 is 0.656 bits per heavy atom. The van der Waals surface area contributed by atoms with Gasteiger partial charge < -0.3 is 14.2 Å². The molecule has 0 radical (unpaired) electrons. The minimum Gasteiger partial charge on any atom is -0.462 e. The normalized spacial score (nSPS) is 12.8. The van der Waals surface area contributed by atoms with E-state index in [0.717, 1.165) is 122 Å². The second-order valence-corrected chi connectivity index (χ2v) is 16.3. The van der Waals surface area contributed by atoms with Crippen LogP contribution in [-0.4, -0.2) is 37.2 Å². The molecule has 1 atom stereocenters. The zero-order chi connectivity index (χ0) is 44.4. The largest absolute Gasteiger partial charge is 0.462 e. The van der Waals surface area contributed by atoms with Gasteiger partial charge in [0.15, 0.2) is 6.10 Å². The van der Waals surface area contributed by atoms with Crippen LogP contribution < -0.4 is 0 Å². The summed E-state index contributed by atoms with van der Waals surface area (Å²) in [5.41, 5.74) is 0. The van der Waals surface area contributed by atoms with Crippen LogP contribution in [0.25, 0.3) is 0 Å². The molecule has 0 aromatic heterocycles. The van der Waals surface area contributed by atoms with Gasteiger partial charge in [-0.15, -0.1) is 0 Å². The van der Waals surface area contributed by atoms with E-state index in [9.17, 15) is 14.4 Å². The highest BCUT2D eigenvalue weighted by molar-refractivity contribution is 5.71. The molecule has 0 aliphatic carbocycles. The van der Waals surface area contributed by atoms with Gasteiger partial charge >= 0.3 is 17.9 Å². The van der Waals surface area contributed by atoms with Gasteiger partial charge in [0.1, 0.15) is 13.2 Å². The van der Waals surface area contributed by atoms with Crippen LogP contribution in [0.1, 0.15) is 226 Å². The molecular formula is C55H92O6. The maximum atomic E-state index is 12.8. The maximum Gasteiger partial charge on any atom is 0.306 e. The van der Waals surface area contributed by atoms with Crippen LogP contribution in [0.3, 0.4) is 0 Å². The monoisotopic (exact) mass is 849 g/mol. The fraction of sp³-hybridized carbons (Fsp3) is 0.691. The number of esters is 3. The summed E-state index contributed by atoms with van der Waals surface area (Å²) in [5.74, 6) is -0.961. The van der Waals surface area contributed by atoms with Crippen molar-refractivity contribution in [2.45, 2.75) is 232 Å². The molecule has 0 aromatic carbocycles. The van der Waals surface area contributed by atoms with E-state index < -0.39 is 6.10 Å². The zero-order valence-electron chi connectivity index (χ0n) is 39.7. The quantitative estimate of drug-likeness (QED) is 0.0263. The molecule has 0 spiro atoms. The average molecular weight is 849 g/mol. The van der Waals surface area contributed by atoms with Crippen LogP contribution in [0.5, 0.6) is 0 Å². The van der Waals surface area contributed by atoms with E-state index >= 15 is 0 Å². The number of rotatable bonds is 44. The minimum absolute atomic E-state index is 0.0983. The lowest BCUT2D eigenvalue weighted by Gasteiger charge is -2.18. The van der Waals surface area contributed by atoms with E-state index in [1.54, 1.807) is 0 Å². The highest BCUT2D eigenvalue weighted by Crippen LogP contribution is 2.13. The van der Waals surface area contributed by atoms with Gasteiger partial charge in [-0.3, -0.25) is 14.4 Å². The molecule has 0 bridgehead atoms. The molecule has 6 nitrogen and oxygen atoms in total. The summed E-state index contributed by atoms with van der Waals surface area (Å²) in [6.07, 6.45) is 62.8. The van der Waals surface area contributed by atoms with Crippen molar-refractivity contribution in [3.63, 3.8) is 0 Å². The van der Waals surface area contributed by atoms with Crippen LogP contribution in [0.15, 0.2) is 85.1 Å². The van der Waals surface area contributed by atoms with Gasteiger partial charge in [-0.05, 0) is 109 Å². The lowest BCUT2D eigenvalue weighted by Crippen LogP contribution is -2.30. The fourth-order valence-electron chi connectivity index (χ4n) is 6.56. The molecule has 0 heterocycles. The summed E-state index contributed by atoms with van der Waals surface area (Å²) in [7, 11) is 0. The van der Waals surface area contributed by atoms with Crippen LogP contribution in [-0.2, 0) is 28.6 Å². The molecule has 0 saturated carbocycles. The number of unbranched alkanes of at least 4 members (excludes halogenated alkanes) is 19. The Morgan fingerprint density at radius 3 is 1.08 bits per heavy atom. The smallest absolute Gasteiger partial charge is 0.306 e. The van der Waals surface area contributed by atoms with E-state index in [0.29, 0.717) is 19.3 Å². The first-order chi connectivity index (χ1) is 30.0. The Hall–Kier alpha value is -3.41. The molecule has 348 valence electrons. The van der Waals surface area contributed by atoms with E-state index in [4.69, 9.17) is 14.2 Å². The van der Waals surface area contributed by atoms with E-state index in [2.05, 4.69) is 106 Å². The number of hydrogen-bond acceptors (Lipinski definition) is 6. The summed E-state index contributed by atoms with van der Waals surface area (Å²) >= 11 is 0. The molecular weight excluding hydrogens is 757 g/mol. The van der Waals surface area contributed by atoms with Crippen molar-refractivity contribution in [3.8, 4) is 0 Å². The van der Waals surface area contributed by atoms with Crippen LogP contribution in [0, 0.1) is 0 Å². The number of carbonyl (C=O) groups is 3. The summed E-state index contributed by atoms with van der Waals surface area (Å²) in [6, 6.07) is 0. The topological polar surface area (TPSA) is 78.9 Å². The SMILES string of the molecule is CC/C=C\C/C=C\C/C=C\C/C=C\C/C=C\CCCCCC(=O)OCC(COC(=O)CCCCCCC/C=C\CCCC)OC(=O)CCCCC/C=C\CCCCCCCC. The van der Waals surface area contributed by atoms with Crippen LogP contribution >= 0.6 is 0 Å². The number of allylic oxidation sites excluding steroid dienone is 14. The van der Waals surface area contributed by atoms with Crippen molar-refractivity contribution in [2.75, 3.05) is 13.2 Å². The van der Waals surface area contributed by atoms with Crippen molar-refractivity contribution >= 4 is 17.9 Å². The number of carbonyl (C=O) groups excluding carboxylic acids is 3. The molecule has 0 amide bonds. The Labute approximate surface area is 375 Å². The summed E-state index contributed by atoms with van der Waals surface area (Å²) < 4.78 is 16.7. The molecule has 6 heteroatoms. The second-order valence-electron chi connectivity index (χ2n) is 16.3. The standard InChI is InChI=1S/C55H92O6/c1-4-7-10-13-16-19-22-24-25-26-27-28-29-31-33-36-39-42-45-48-54(57)60-51-52(50-59-53(56)47-44-41-38-35-32-21-18-15-12-9-6-3)61-55(58)49-46-43-40-37-34-30-23-20-17-14-11-8-5-2/h7,10,15-16,18-19,24-25,27-28,30-31,33-34,52H,4-6,8-9,11-14,17,20-23,26,29,32,35-51H2,1-3H3/b10-7-,18-15-,19-16-,25-24-,28-27-,33-31-,34-30-. The van der Waals surface area contributed by atoms with Crippen molar-refractivity contribution in [1.29, 1.82) is 0 Å². The highest BCUT2D eigenvalue weighted by Gasteiger charge is 2.19. The second kappa shape index (κ2) is 49.2. The molecule has 0 fully saturated rings. The third kappa shape index (κ3) is 47.5. The molecule has 61 heavy (non-hydrogen) atoms. The molecule has 0 saturated heterocycles. The van der Waals surface area contributed by atoms with Crippen molar-refractivity contribution in [2.24, 2.45) is 0 Å². The molecule has 0 N–H and O–H groups in total. The van der Waals surface area contributed by atoms with E-state index in [1.807, 2.05) is 0 Å². The maximum absolute atomic E-state index is 12.8. The first-order valence-corrected chi connectivity index (χ1v) is 25.1. The van der Waals surface area contributed by atoms with Crippen molar-refractivity contribution in [1.82, 2.24) is 0 Å². The minimum atomic E-state index is -0.800. The fourth-order valence-corrected chi connectivity index (χ4v) is 6.56.